The molecule has 4 heteroatoms. The molecule has 0 heterocycles. The number of unbranched alkanes of at least 4 members (excludes halogenated alkanes) is 8. The van der Waals surface area contributed by atoms with E-state index in [9.17, 15) is 9.59 Å². The van der Waals surface area contributed by atoms with E-state index in [-0.39, 0.29) is 0 Å². The fourth-order valence-corrected chi connectivity index (χ4v) is 3.96. The maximum absolute atomic E-state index is 12.1. The Hall–Kier alpha value is -1.32. The largest absolute Gasteiger partial charge is 0.462 e. The molecule has 2 unspecified atom stereocenters. The molecular formula is C28H52O4. The minimum absolute atomic E-state index is 0.420. The summed E-state index contributed by atoms with van der Waals surface area (Å²) in [5.41, 5.74) is 0. The molecule has 0 saturated carbocycles. The number of esters is 2. The van der Waals surface area contributed by atoms with Gasteiger partial charge in [0.2, 0.25) is 0 Å². The number of ether oxygens (including phenoxy) is 2. The van der Waals surface area contributed by atoms with E-state index in [2.05, 4.69) is 27.7 Å². The Morgan fingerprint density at radius 3 is 1.22 bits per heavy atom. The lowest BCUT2D eigenvalue weighted by molar-refractivity contribution is -0.142. The first-order valence-electron chi connectivity index (χ1n) is 13.6. The van der Waals surface area contributed by atoms with Crippen LogP contribution >= 0.6 is 0 Å². The quantitative estimate of drug-likeness (QED) is 0.0943. The van der Waals surface area contributed by atoms with Gasteiger partial charge in [0.05, 0.1) is 13.2 Å². The van der Waals surface area contributed by atoms with Gasteiger partial charge in [-0.15, -0.1) is 0 Å². The predicted octanol–water partition coefficient (Wildman–Crippen LogP) is 8.18. The lowest BCUT2D eigenvalue weighted by Gasteiger charge is -2.16. The summed E-state index contributed by atoms with van der Waals surface area (Å²) in [7, 11) is 0. The van der Waals surface area contributed by atoms with Crippen molar-refractivity contribution in [1.82, 2.24) is 0 Å². The molecule has 0 radical (unpaired) electrons. The fourth-order valence-electron chi connectivity index (χ4n) is 3.96. The van der Waals surface area contributed by atoms with Gasteiger partial charge in [0.1, 0.15) is 0 Å². The minimum atomic E-state index is -0.445. The zero-order valence-corrected chi connectivity index (χ0v) is 21.7. The zero-order valence-electron chi connectivity index (χ0n) is 21.7. The molecule has 0 bridgehead atoms. The standard InChI is InChI=1S/C28H52O4/c1-5-9-13-15-19-25(17-11-7-3)23-31-27(29)21-22-28(30)32-24-26(18-12-8-4)20-16-14-10-6-2/h21-22,25-26H,5-20,23-24H2,1-4H3. The maximum atomic E-state index is 12.1. The molecule has 0 aromatic rings. The second kappa shape index (κ2) is 22.9. The number of hydrogen-bond donors (Lipinski definition) is 0. The van der Waals surface area contributed by atoms with Crippen molar-refractivity contribution in [2.75, 3.05) is 13.2 Å². The lowest BCUT2D eigenvalue weighted by Crippen LogP contribution is -2.15. The van der Waals surface area contributed by atoms with Crippen molar-refractivity contribution in [2.24, 2.45) is 11.8 Å². The molecule has 0 spiro atoms. The van der Waals surface area contributed by atoms with Crippen LogP contribution in [-0.4, -0.2) is 25.2 Å². The number of carbonyl (C=O) groups is 2. The Morgan fingerprint density at radius 2 is 0.875 bits per heavy atom. The first kappa shape index (κ1) is 30.7. The number of rotatable bonds is 22. The normalized spacial score (nSPS) is 13.2. The SMILES string of the molecule is CCCCCCC(CCCC)COC(=O)C=CC(=O)OCC(CCCC)CCCCCC. The van der Waals surface area contributed by atoms with Crippen molar-refractivity contribution in [1.29, 1.82) is 0 Å². The van der Waals surface area contributed by atoms with Crippen LogP contribution in [0.25, 0.3) is 0 Å². The van der Waals surface area contributed by atoms with Crippen LogP contribution in [-0.2, 0) is 19.1 Å². The molecule has 4 nitrogen and oxygen atoms in total. The Balaban J connectivity index is 4.31. The van der Waals surface area contributed by atoms with Gasteiger partial charge in [0.25, 0.3) is 0 Å². The van der Waals surface area contributed by atoms with Crippen LogP contribution in [0.3, 0.4) is 0 Å². The highest BCUT2D eigenvalue weighted by Crippen LogP contribution is 2.19. The van der Waals surface area contributed by atoms with Crippen LogP contribution in [0.1, 0.15) is 130 Å². The molecule has 0 saturated heterocycles. The summed E-state index contributed by atoms with van der Waals surface area (Å²) in [6.07, 6.45) is 21.4. The molecule has 0 N–H and O–H groups in total. The molecule has 0 aromatic carbocycles. The lowest BCUT2D eigenvalue weighted by atomic mass is 9.96. The third-order valence-electron chi connectivity index (χ3n) is 6.14. The first-order chi connectivity index (χ1) is 15.6. The Morgan fingerprint density at radius 1 is 0.531 bits per heavy atom. The molecule has 0 amide bonds. The van der Waals surface area contributed by atoms with Crippen molar-refractivity contribution >= 4 is 11.9 Å². The van der Waals surface area contributed by atoms with Crippen molar-refractivity contribution in [3.05, 3.63) is 12.2 Å². The second-order valence-corrected chi connectivity index (χ2v) is 9.31. The second-order valence-electron chi connectivity index (χ2n) is 9.31. The molecule has 32 heavy (non-hydrogen) atoms. The highest BCUT2D eigenvalue weighted by atomic mass is 16.5. The molecular weight excluding hydrogens is 400 g/mol. The van der Waals surface area contributed by atoms with E-state index < -0.39 is 11.9 Å². The van der Waals surface area contributed by atoms with Gasteiger partial charge in [0, 0.05) is 12.2 Å². The average Bonchev–Trinajstić information content (AvgIpc) is 2.80. The van der Waals surface area contributed by atoms with Crippen LogP contribution in [0.5, 0.6) is 0 Å². The third-order valence-corrected chi connectivity index (χ3v) is 6.14. The van der Waals surface area contributed by atoms with E-state index in [1.54, 1.807) is 0 Å². The van der Waals surface area contributed by atoms with Crippen molar-refractivity contribution in [3.8, 4) is 0 Å². The Bertz CT molecular complexity index is 430. The van der Waals surface area contributed by atoms with Crippen LogP contribution in [0, 0.1) is 11.8 Å². The summed E-state index contributed by atoms with van der Waals surface area (Å²) >= 11 is 0. The van der Waals surface area contributed by atoms with Crippen molar-refractivity contribution in [2.45, 2.75) is 130 Å². The van der Waals surface area contributed by atoms with Gasteiger partial charge in [-0.05, 0) is 37.5 Å². The third kappa shape index (κ3) is 19.4. The summed E-state index contributed by atoms with van der Waals surface area (Å²) in [6.45, 7) is 9.70. The van der Waals surface area contributed by atoms with Crippen LogP contribution < -0.4 is 0 Å². The van der Waals surface area contributed by atoms with E-state index in [1.165, 1.54) is 63.5 Å². The summed E-state index contributed by atoms with van der Waals surface area (Å²) < 4.78 is 10.9. The Labute approximate surface area is 198 Å². The summed E-state index contributed by atoms with van der Waals surface area (Å²) in [5, 5.41) is 0. The molecule has 0 aliphatic heterocycles. The van der Waals surface area contributed by atoms with Gasteiger partial charge >= 0.3 is 11.9 Å². The van der Waals surface area contributed by atoms with Crippen molar-refractivity contribution in [3.63, 3.8) is 0 Å². The van der Waals surface area contributed by atoms with Crippen LogP contribution in [0.4, 0.5) is 0 Å². The molecule has 0 rings (SSSR count). The van der Waals surface area contributed by atoms with Crippen LogP contribution in [0.2, 0.25) is 0 Å². The van der Waals surface area contributed by atoms with Gasteiger partial charge in [-0.3, -0.25) is 0 Å². The van der Waals surface area contributed by atoms with Gasteiger partial charge in [0.15, 0.2) is 0 Å². The summed E-state index contributed by atoms with van der Waals surface area (Å²) in [4.78, 5) is 24.1. The molecule has 0 aliphatic carbocycles. The predicted molar refractivity (Wildman–Crippen MR) is 135 cm³/mol. The molecule has 0 aromatic heterocycles. The van der Waals surface area contributed by atoms with Gasteiger partial charge in [-0.2, -0.15) is 0 Å². The van der Waals surface area contributed by atoms with E-state index >= 15 is 0 Å². The maximum Gasteiger partial charge on any atom is 0.331 e. The number of carbonyl (C=O) groups excluding carboxylic acids is 2. The monoisotopic (exact) mass is 452 g/mol. The summed E-state index contributed by atoms with van der Waals surface area (Å²) in [6, 6.07) is 0. The van der Waals surface area contributed by atoms with E-state index in [1.807, 2.05) is 0 Å². The molecule has 0 aliphatic rings. The van der Waals surface area contributed by atoms with Crippen LogP contribution in [0.15, 0.2) is 12.2 Å². The van der Waals surface area contributed by atoms with E-state index in [0.29, 0.717) is 25.0 Å². The Kier molecular flexibility index (Phi) is 21.9. The summed E-state index contributed by atoms with van der Waals surface area (Å²) in [5.74, 6) is -0.0514. The first-order valence-corrected chi connectivity index (χ1v) is 13.6. The molecule has 188 valence electrons. The van der Waals surface area contributed by atoms with E-state index in [4.69, 9.17) is 9.47 Å². The zero-order chi connectivity index (χ0) is 23.9. The number of hydrogen-bond acceptors (Lipinski definition) is 4. The molecule has 0 fully saturated rings. The van der Waals surface area contributed by atoms with E-state index in [0.717, 1.165) is 51.4 Å². The van der Waals surface area contributed by atoms with Gasteiger partial charge in [-0.25, -0.2) is 9.59 Å². The fraction of sp³-hybridized carbons (Fsp3) is 0.857. The smallest absolute Gasteiger partial charge is 0.331 e. The minimum Gasteiger partial charge on any atom is -0.462 e. The highest BCUT2D eigenvalue weighted by molar-refractivity contribution is 5.91. The highest BCUT2D eigenvalue weighted by Gasteiger charge is 2.13. The van der Waals surface area contributed by atoms with Gasteiger partial charge in [-0.1, -0.05) is 105 Å². The topological polar surface area (TPSA) is 52.6 Å². The molecule has 2 atom stereocenters. The van der Waals surface area contributed by atoms with Crippen molar-refractivity contribution < 1.29 is 19.1 Å². The average molecular weight is 453 g/mol. The van der Waals surface area contributed by atoms with Gasteiger partial charge < -0.3 is 9.47 Å².